The van der Waals surface area contributed by atoms with Crippen LogP contribution in [0.25, 0.3) is 11.1 Å². The normalized spacial score (nSPS) is 11.6. The first-order valence-corrected chi connectivity index (χ1v) is 11.2. The Kier molecular flexibility index (Phi) is 8.53. The molecule has 34 heavy (non-hydrogen) atoms. The van der Waals surface area contributed by atoms with Gasteiger partial charge in [-0.05, 0) is 60.2 Å². The van der Waals surface area contributed by atoms with Crippen molar-refractivity contribution in [3.05, 3.63) is 83.2 Å². The second-order valence-electron chi connectivity index (χ2n) is 7.89. The van der Waals surface area contributed by atoms with E-state index in [1.165, 1.54) is 29.8 Å². The summed E-state index contributed by atoms with van der Waals surface area (Å²) in [5.41, 5.74) is 1.91. The van der Waals surface area contributed by atoms with Gasteiger partial charge in [-0.15, -0.1) is 0 Å². The fourth-order valence-electron chi connectivity index (χ4n) is 3.71. The molecule has 0 fully saturated rings. The van der Waals surface area contributed by atoms with E-state index in [1.807, 2.05) is 24.3 Å². The standard InChI is InChI=1S/C27H27F5O2/c1-3-5-18-6-8-19(9-7-18)20-10-13-22(14-11-20)34-27(31,32)17-16-21-12-15-23(33-4-2)25(28)24(21)26(29)30/h6-15,26H,3-5,16-17H2,1-2H3. The number of halogens is 5. The van der Waals surface area contributed by atoms with Crippen molar-refractivity contribution >= 4 is 0 Å². The molecule has 0 saturated carbocycles. The minimum atomic E-state index is -3.63. The third-order valence-electron chi connectivity index (χ3n) is 5.39. The first-order chi connectivity index (χ1) is 16.2. The molecule has 2 nitrogen and oxygen atoms in total. The van der Waals surface area contributed by atoms with E-state index in [0.29, 0.717) is 0 Å². The lowest BCUT2D eigenvalue weighted by molar-refractivity contribution is -0.180. The molecule has 0 aliphatic heterocycles. The zero-order valence-electron chi connectivity index (χ0n) is 19.1. The molecule has 0 aromatic heterocycles. The Labute approximate surface area is 196 Å². The van der Waals surface area contributed by atoms with Crippen molar-refractivity contribution in [1.82, 2.24) is 0 Å². The monoisotopic (exact) mass is 478 g/mol. The van der Waals surface area contributed by atoms with Gasteiger partial charge in [0.05, 0.1) is 18.6 Å². The summed E-state index contributed by atoms with van der Waals surface area (Å²) in [4.78, 5) is 0. The van der Waals surface area contributed by atoms with E-state index < -0.39 is 36.8 Å². The minimum Gasteiger partial charge on any atom is -0.491 e. The van der Waals surface area contributed by atoms with E-state index in [2.05, 4.69) is 6.92 Å². The SMILES string of the molecule is CCCc1ccc(-c2ccc(OC(F)(F)CCc3ccc(OCC)c(F)c3C(F)F)cc2)cc1. The van der Waals surface area contributed by atoms with Gasteiger partial charge in [0.2, 0.25) is 0 Å². The van der Waals surface area contributed by atoms with Crippen LogP contribution in [0.15, 0.2) is 60.7 Å². The molecule has 0 amide bonds. The van der Waals surface area contributed by atoms with Crippen LogP contribution in [-0.4, -0.2) is 12.7 Å². The Hall–Kier alpha value is -3.09. The first kappa shape index (κ1) is 25.5. The summed E-state index contributed by atoms with van der Waals surface area (Å²) in [5, 5.41) is 0. The summed E-state index contributed by atoms with van der Waals surface area (Å²) in [5.74, 6) is -1.61. The lowest BCUT2D eigenvalue weighted by Gasteiger charge is -2.19. The minimum absolute atomic E-state index is 0.0525. The Morgan fingerprint density at radius 1 is 0.824 bits per heavy atom. The molecule has 0 aliphatic rings. The van der Waals surface area contributed by atoms with E-state index in [0.717, 1.165) is 24.0 Å². The molecule has 0 N–H and O–H groups in total. The maximum Gasteiger partial charge on any atom is 0.398 e. The topological polar surface area (TPSA) is 18.5 Å². The average Bonchev–Trinajstić information content (AvgIpc) is 2.80. The van der Waals surface area contributed by atoms with Crippen LogP contribution >= 0.6 is 0 Å². The summed E-state index contributed by atoms with van der Waals surface area (Å²) in [6, 6.07) is 16.6. The van der Waals surface area contributed by atoms with Gasteiger partial charge < -0.3 is 9.47 Å². The molecule has 0 saturated heterocycles. The zero-order chi connectivity index (χ0) is 24.7. The molecular weight excluding hydrogens is 451 g/mol. The number of ether oxygens (including phenoxy) is 2. The predicted octanol–water partition coefficient (Wildman–Crippen LogP) is 8.39. The van der Waals surface area contributed by atoms with Crippen molar-refractivity contribution in [3.63, 3.8) is 0 Å². The van der Waals surface area contributed by atoms with Gasteiger partial charge in [-0.3, -0.25) is 0 Å². The summed E-state index contributed by atoms with van der Waals surface area (Å²) < 4.78 is 79.8. The summed E-state index contributed by atoms with van der Waals surface area (Å²) in [7, 11) is 0. The molecule has 0 spiro atoms. The lowest BCUT2D eigenvalue weighted by atomic mass is 10.0. The molecule has 0 radical (unpaired) electrons. The fourth-order valence-corrected chi connectivity index (χ4v) is 3.71. The molecule has 182 valence electrons. The molecular formula is C27H27F5O2. The number of rotatable bonds is 11. The van der Waals surface area contributed by atoms with Crippen LogP contribution in [0.3, 0.4) is 0 Å². The van der Waals surface area contributed by atoms with Crippen LogP contribution in [0.4, 0.5) is 22.0 Å². The Morgan fingerprint density at radius 2 is 1.44 bits per heavy atom. The quantitative estimate of drug-likeness (QED) is 0.258. The fraction of sp³-hybridized carbons (Fsp3) is 0.333. The Balaban J connectivity index is 1.67. The lowest BCUT2D eigenvalue weighted by Crippen LogP contribution is -2.25. The van der Waals surface area contributed by atoms with Gasteiger partial charge in [-0.1, -0.05) is 55.8 Å². The van der Waals surface area contributed by atoms with Crippen LogP contribution < -0.4 is 9.47 Å². The van der Waals surface area contributed by atoms with Gasteiger partial charge in [0.15, 0.2) is 11.6 Å². The summed E-state index contributed by atoms with van der Waals surface area (Å²) >= 11 is 0. The second kappa shape index (κ2) is 11.4. The van der Waals surface area contributed by atoms with Gasteiger partial charge in [-0.25, -0.2) is 13.2 Å². The van der Waals surface area contributed by atoms with Crippen molar-refractivity contribution in [1.29, 1.82) is 0 Å². The van der Waals surface area contributed by atoms with Crippen molar-refractivity contribution in [3.8, 4) is 22.6 Å². The Morgan fingerprint density at radius 3 is 2.00 bits per heavy atom. The molecule has 0 heterocycles. The first-order valence-electron chi connectivity index (χ1n) is 11.2. The second-order valence-corrected chi connectivity index (χ2v) is 7.89. The van der Waals surface area contributed by atoms with Gasteiger partial charge >= 0.3 is 6.11 Å². The largest absolute Gasteiger partial charge is 0.491 e. The maximum absolute atomic E-state index is 14.4. The van der Waals surface area contributed by atoms with E-state index >= 15 is 0 Å². The molecule has 3 aromatic rings. The molecule has 7 heteroatoms. The summed E-state index contributed by atoms with van der Waals surface area (Å²) in [6.45, 7) is 3.79. The van der Waals surface area contributed by atoms with Crippen LogP contribution in [0.5, 0.6) is 11.5 Å². The highest BCUT2D eigenvalue weighted by atomic mass is 19.3. The number of benzene rings is 3. The van der Waals surface area contributed by atoms with Crippen molar-refractivity contribution in [2.24, 2.45) is 0 Å². The smallest absolute Gasteiger partial charge is 0.398 e. The molecule has 0 bridgehead atoms. The molecule has 3 aromatic carbocycles. The van der Waals surface area contributed by atoms with E-state index in [4.69, 9.17) is 9.47 Å². The van der Waals surface area contributed by atoms with Gasteiger partial charge in [-0.2, -0.15) is 8.78 Å². The number of alkyl halides is 4. The Bertz CT molecular complexity index is 1060. The number of aryl methyl sites for hydroxylation is 2. The third-order valence-corrected chi connectivity index (χ3v) is 5.39. The van der Waals surface area contributed by atoms with Gasteiger partial charge in [0.1, 0.15) is 5.75 Å². The molecule has 3 rings (SSSR count). The number of hydrogen-bond acceptors (Lipinski definition) is 2. The van der Waals surface area contributed by atoms with E-state index in [-0.39, 0.29) is 23.7 Å². The molecule has 0 unspecified atom stereocenters. The van der Waals surface area contributed by atoms with Crippen molar-refractivity contribution in [2.75, 3.05) is 6.61 Å². The molecule has 0 aliphatic carbocycles. The third kappa shape index (κ3) is 6.49. The highest BCUT2D eigenvalue weighted by Crippen LogP contribution is 2.35. The highest BCUT2D eigenvalue weighted by molar-refractivity contribution is 5.64. The van der Waals surface area contributed by atoms with Crippen LogP contribution in [0.2, 0.25) is 0 Å². The van der Waals surface area contributed by atoms with Crippen LogP contribution in [0, 0.1) is 5.82 Å². The van der Waals surface area contributed by atoms with Gasteiger partial charge in [0.25, 0.3) is 6.43 Å². The van der Waals surface area contributed by atoms with E-state index in [9.17, 15) is 22.0 Å². The number of hydrogen-bond donors (Lipinski definition) is 0. The average molecular weight is 479 g/mol. The van der Waals surface area contributed by atoms with Crippen molar-refractivity contribution in [2.45, 2.75) is 52.1 Å². The highest BCUT2D eigenvalue weighted by Gasteiger charge is 2.33. The molecule has 0 atom stereocenters. The van der Waals surface area contributed by atoms with Crippen LogP contribution in [0.1, 0.15) is 49.8 Å². The van der Waals surface area contributed by atoms with Gasteiger partial charge in [0, 0.05) is 0 Å². The van der Waals surface area contributed by atoms with E-state index in [1.54, 1.807) is 19.1 Å². The maximum atomic E-state index is 14.4. The van der Waals surface area contributed by atoms with Crippen LogP contribution in [-0.2, 0) is 12.8 Å². The van der Waals surface area contributed by atoms with Crippen molar-refractivity contribution < 1.29 is 31.4 Å². The summed E-state index contributed by atoms with van der Waals surface area (Å²) in [6.07, 6.45) is -6.12. The zero-order valence-corrected chi connectivity index (χ0v) is 19.1. The predicted molar refractivity (Wildman–Crippen MR) is 122 cm³/mol.